The van der Waals surface area contributed by atoms with E-state index in [4.69, 9.17) is 10.00 Å². The maximum absolute atomic E-state index is 13.9. The van der Waals surface area contributed by atoms with Crippen molar-refractivity contribution in [1.29, 1.82) is 5.26 Å². The summed E-state index contributed by atoms with van der Waals surface area (Å²) in [5.74, 6) is -1.83. The molecule has 0 saturated carbocycles. The molecule has 4 atom stereocenters. The summed E-state index contributed by atoms with van der Waals surface area (Å²) in [5.41, 5.74) is 1.39. The van der Waals surface area contributed by atoms with Crippen LogP contribution in [0.4, 0.5) is 24.5 Å². The number of nitrogens with zero attached hydrogens (tertiary/aromatic N) is 7. The molecule has 0 aliphatic carbocycles. The van der Waals surface area contributed by atoms with Gasteiger partial charge in [0.1, 0.15) is 12.1 Å². The van der Waals surface area contributed by atoms with Crippen LogP contribution in [0.1, 0.15) is 101 Å². The van der Waals surface area contributed by atoms with Gasteiger partial charge in [0.15, 0.2) is 0 Å². The molecule has 62 heavy (non-hydrogen) atoms. The Morgan fingerprint density at radius 2 is 1.56 bits per heavy atom. The molecule has 0 bridgehead atoms. The Morgan fingerprint density at radius 3 is 2.24 bits per heavy atom. The molecule has 4 unspecified atom stereocenters. The minimum atomic E-state index is -4.72. The lowest BCUT2D eigenvalue weighted by molar-refractivity contribution is -0.138. The number of imide groups is 2. The number of piperidine rings is 2. The number of hydrogen-bond acceptors (Lipinski definition) is 11. The number of nitriles is 1. The first kappa shape index (κ1) is 42.7. The molecule has 14 nitrogen and oxygen atoms in total. The van der Waals surface area contributed by atoms with Gasteiger partial charge < -0.3 is 19.4 Å². The fourth-order valence-corrected chi connectivity index (χ4v) is 9.68. The van der Waals surface area contributed by atoms with Crippen LogP contribution in [0, 0.1) is 17.2 Å². The highest BCUT2D eigenvalue weighted by Crippen LogP contribution is 2.36. The van der Waals surface area contributed by atoms with E-state index in [2.05, 4.69) is 25.0 Å². The lowest BCUT2D eigenvalue weighted by Crippen LogP contribution is -2.54. The molecule has 8 rings (SSSR count). The number of benzene rings is 2. The maximum atomic E-state index is 13.9. The first-order chi connectivity index (χ1) is 29.7. The summed E-state index contributed by atoms with van der Waals surface area (Å²) in [5, 5.41) is 11.3. The molecule has 2 aromatic carbocycles. The second-order valence-electron chi connectivity index (χ2n) is 17.1. The number of carbonyl (C=O) groups is 5. The topological polar surface area (TPSA) is 159 Å². The minimum Gasteiger partial charge on any atom is -0.475 e. The molecular formula is C45H49F3N8O6. The van der Waals surface area contributed by atoms with E-state index in [1.165, 1.54) is 6.07 Å². The van der Waals surface area contributed by atoms with Crippen molar-refractivity contribution in [1.82, 2.24) is 25.0 Å². The number of pyridine rings is 1. The van der Waals surface area contributed by atoms with Crippen LogP contribution in [0.2, 0.25) is 0 Å². The number of aromatic nitrogens is 1. The molecule has 1 aromatic heterocycles. The van der Waals surface area contributed by atoms with E-state index in [0.29, 0.717) is 17.9 Å². The zero-order valence-electron chi connectivity index (χ0n) is 34.7. The third kappa shape index (κ3) is 8.70. The van der Waals surface area contributed by atoms with Crippen LogP contribution in [0.15, 0.2) is 54.7 Å². The van der Waals surface area contributed by atoms with Crippen LogP contribution in [-0.4, -0.2) is 119 Å². The minimum absolute atomic E-state index is 0.0128. The summed E-state index contributed by atoms with van der Waals surface area (Å²) in [4.78, 5) is 78.2. The van der Waals surface area contributed by atoms with Crippen molar-refractivity contribution >= 4 is 40.9 Å². The second kappa shape index (κ2) is 17.4. The molecule has 0 radical (unpaired) electrons. The van der Waals surface area contributed by atoms with Gasteiger partial charge >= 0.3 is 6.18 Å². The highest BCUT2D eigenvalue weighted by Gasteiger charge is 2.45. The number of piperazine rings is 1. The lowest BCUT2D eigenvalue weighted by atomic mass is 9.95. The molecule has 4 fully saturated rings. The lowest BCUT2D eigenvalue weighted by Gasteiger charge is -2.40. The molecule has 5 aliphatic heterocycles. The summed E-state index contributed by atoms with van der Waals surface area (Å²) < 4.78 is 46.2. The molecule has 4 saturated heterocycles. The Hall–Kier alpha value is -6.02. The predicted molar refractivity (Wildman–Crippen MR) is 220 cm³/mol. The molecule has 5 aliphatic rings. The van der Waals surface area contributed by atoms with Gasteiger partial charge in [0.2, 0.25) is 17.7 Å². The van der Waals surface area contributed by atoms with E-state index >= 15 is 0 Å². The van der Waals surface area contributed by atoms with Crippen molar-refractivity contribution in [3.05, 3.63) is 82.5 Å². The van der Waals surface area contributed by atoms with E-state index in [0.717, 1.165) is 100 Å². The van der Waals surface area contributed by atoms with Crippen molar-refractivity contribution in [2.45, 2.75) is 89.2 Å². The number of nitrogens with one attached hydrogen (secondary N) is 1. The highest BCUT2D eigenvalue weighted by molar-refractivity contribution is 6.23. The van der Waals surface area contributed by atoms with Gasteiger partial charge in [0.05, 0.1) is 28.4 Å². The molecule has 3 aromatic rings. The number of hydrogen-bond donors (Lipinski definition) is 1. The maximum Gasteiger partial charge on any atom is 0.417 e. The SMILES string of the molecule is CC(CC1CCC(C)N1C(=O)c1ccc(N2CCN(CC3CCN(c4ccc5c(c4)C(=O)N(C4CCC(=O)NC4=O)C5=O)CC3)CC2)cc1)Oc1cc(C(F)(F)F)c(C#N)cn1. The van der Waals surface area contributed by atoms with E-state index in [9.17, 15) is 37.1 Å². The summed E-state index contributed by atoms with van der Waals surface area (Å²) in [6.07, 6.45) is -0.259. The standard InChI is InChI=1S/C45H49F3N8O6/c1-27-3-6-34(21-28(2)62-40-23-37(45(46,47)48)31(24-49)25-50-40)55(27)42(59)30-4-7-32(8-5-30)54-19-17-52(18-20-54)26-29-13-15-53(16-14-29)33-9-10-35-36(22-33)44(61)56(43(35)60)38-11-12-39(57)51-41(38)58/h4-5,7-10,22-23,25,27-29,34,38H,3,6,11-21,26H2,1-2H3,(H,51,57,58). The molecule has 326 valence electrons. The molecule has 1 N–H and O–H groups in total. The number of alkyl halides is 3. The van der Waals surface area contributed by atoms with E-state index in [1.54, 1.807) is 19.1 Å². The zero-order chi connectivity index (χ0) is 43.9. The van der Waals surface area contributed by atoms with Crippen molar-refractivity contribution in [2.24, 2.45) is 5.92 Å². The third-order valence-corrected chi connectivity index (χ3v) is 13.0. The summed E-state index contributed by atoms with van der Waals surface area (Å²) in [6.45, 7) is 9.90. The Bertz CT molecular complexity index is 2280. The number of rotatable bonds is 10. The van der Waals surface area contributed by atoms with Crippen LogP contribution in [0.3, 0.4) is 0 Å². The Balaban J connectivity index is 0.795. The number of anilines is 2. The first-order valence-corrected chi connectivity index (χ1v) is 21.3. The summed E-state index contributed by atoms with van der Waals surface area (Å²) in [7, 11) is 0. The number of fused-ring (bicyclic) bond motifs is 1. The van der Waals surface area contributed by atoms with Gasteiger partial charge in [0.25, 0.3) is 17.7 Å². The zero-order valence-corrected chi connectivity index (χ0v) is 34.7. The van der Waals surface area contributed by atoms with E-state index in [1.807, 2.05) is 42.2 Å². The second-order valence-corrected chi connectivity index (χ2v) is 17.1. The Labute approximate surface area is 357 Å². The van der Waals surface area contributed by atoms with Gasteiger partial charge in [-0.25, -0.2) is 4.98 Å². The number of carbonyl (C=O) groups excluding carboxylic acids is 5. The third-order valence-electron chi connectivity index (χ3n) is 13.0. The highest BCUT2D eigenvalue weighted by atomic mass is 19.4. The molecule has 6 heterocycles. The Morgan fingerprint density at radius 1 is 0.887 bits per heavy atom. The molecule has 0 spiro atoms. The van der Waals surface area contributed by atoms with Crippen molar-refractivity contribution in [2.75, 3.05) is 55.6 Å². The fraction of sp³-hybridized carbons (Fsp3) is 0.489. The van der Waals surface area contributed by atoms with Crippen molar-refractivity contribution < 1.29 is 41.9 Å². The van der Waals surface area contributed by atoms with E-state index < -0.39 is 53.1 Å². The monoisotopic (exact) mass is 854 g/mol. The first-order valence-electron chi connectivity index (χ1n) is 21.3. The average Bonchev–Trinajstić information content (AvgIpc) is 3.74. The molecular weight excluding hydrogens is 806 g/mol. The smallest absolute Gasteiger partial charge is 0.417 e. The normalized spacial score (nSPS) is 23.1. The van der Waals surface area contributed by atoms with Gasteiger partial charge in [-0.15, -0.1) is 0 Å². The summed E-state index contributed by atoms with van der Waals surface area (Å²) in [6, 6.07) is 14.1. The van der Waals surface area contributed by atoms with Crippen LogP contribution >= 0.6 is 0 Å². The largest absolute Gasteiger partial charge is 0.475 e. The van der Waals surface area contributed by atoms with Crippen LogP contribution in [0.5, 0.6) is 5.88 Å². The van der Waals surface area contributed by atoms with Gasteiger partial charge in [-0.3, -0.25) is 39.1 Å². The van der Waals surface area contributed by atoms with Gasteiger partial charge in [-0.05, 0) is 94.3 Å². The van der Waals surface area contributed by atoms with Gasteiger partial charge in [0, 0.05) is 99.9 Å². The fourth-order valence-electron chi connectivity index (χ4n) is 9.68. The van der Waals surface area contributed by atoms with Gasteiger partial charge in [-0.2, -0.15) is 18.4 Å². The van der Waals surface area contributed by atoms with Crippen LogP contribution in [-0.2, 0) is 15.8 Å². The Kier molecular flexibility index (Phi) is 12.0. The van der Waals surface area contributed by atoms with Crippen LogP contribution in [0.25, 0.3) is 0 Å². The average molecular weight is 855 g/mol. The predicted octanol–water partition coefficient (Wildman–Crippen LogP) is 5.26. The van der Waals surface area contributed by atoms with Crippen molar-refractivity contribution in [3.63, 3.8) is 0 Å². The van der Waals surface area contributed by atoms with Crippen LogP contribution < -0.4 is 19.9 Å². The van der Waals surface area contributed by atoms with E-state index in [-0.39, 0.29) is 47.8 Å². The number of amides is 5. The van der Waals surface area contributed by atoms with Gasteiger partial charge in [-0.1, -0.05) is 0 Å². The number of halogens is 3. The molecule has 17 heteroatoms. The number of ether oxygens (including phenoxy) is 1. The molecule has 5 amide bonds. The quantitative estimate of drug-likeness (QED) is 0.265. The number of likely N-dealkylation sites (tertiary alicyclic amines) is 1. The van der Waals surface area contributed by atoms with Crippen molar-refractivity contribution in [3.8, 4) is 11.9 Å². The summed E-state index contributed by atoms with van der Waals surface area (Å²) >= 11 is 0.